The number of hydrogen-bond acceptors (Lipinski definition) is 5. The van der Waals surface area contributed by atoms with Crippen molar-refractivity contribution in [3.05, 3.63) is 23.5 Å². The van der Waals surface area contributed by atoms with Gasteiger partial charge in [-0.2, -0.15) is 0 Å². The van der Waals surface area contributed by atoms with E-state index in [-0.39, 0.29) is 6.10 Å². The zero-order valence-corrected chi connectivity index (χ0v) is 13.4. The van der Waals surface area contributed by atoms with Crippen LogP contribution < -0.4 is 5.73 Å². The highest BCUT2D eigenvalue weighted by molar-refractivity contribution is 5.40. The van der Waals surface area contributed by atoms with E-state index in [0.29, 0.717) is 6.61 Å². The van der Waals surface area contributed by atoms with Crippen molar-refractivity contribution in [1.29, 1.82) is 0 Å². The summed E-state index contributed by atoms with van der Waals surface area (Å²) in [6, 6.07) is 3.77. The van der Waals surface area contributed by atoms with Gasteiger partial charge in [-0.25, -0.2) is 0 Å². The Bertz CT molecular complexity index is 494. The minimum absolute atomic E-state index is 0.0526. The van der Waals surface area contributed by atoms with Gasteiger partial charge in [-0.1, -0.05) is 19.3 Å². The Balaban J connectivity index is 1.66. The van der Waals surface area contributed by atoms with Gasteiger partial charge < -0.3 is 15.6 Å². The smallest absolute Gasteiger partial charge is 0.112 e. The molecule has 0 radical (unpaired) electrons. The molecular formula is C17H27N3O2. The van der Waals surface area contributed by atoms with E-state index in [1.165, 1.54) is 6.42 Å². The molecule has 1 aliphatic heterocycles. The molecule has 1 saturated heterocycles. The molecule has 122 valence electrons. The molecule has 0 spiro atoms. The highest BCUT2D eigenvalue weighted by Crippen LogP contribution is 2.30. The first-order chi connectivity index (χ1) is 10.5. The van der Waals surface area contributed by atoms with Crippen LogP contribution in [0.4, 0.5) is 5.69 Å². The maximum Gasteiger partial charge on any atom is 0.112 e. The summed E-state index contributed by atoms with van der Waals surface area (Å²) < 4.78 is 5.88. The molecule has 1 saturated carbocycles. The first-order valence-corrected chi connectivity index (χ1v) is 8.34. The number of nitrogens with two attached hydrogens (primary N) is 1. The minimum Gasteiger partial charge on any atom is -0.399 e. The summed E-state index contributed by atoms with van der Waals surface area (Å²) in [5, 5.41) is 10.8. The van der Waals surface area contributed by atoms with Gasteiger partial charge in [0, 0.05) is 31.0 Å². The fourth-order valence-corrected chi connectivity index (χ4v) is 3.70. The van der Waals surface area contributed by atoms with E-state index < -0.39 is 5.60 Å². The zero-order chi connectivity index (χ0) is 15.6. The molecule has 1 atom stereocenters. The lowest BCUT2D eigenvalue weighted by Crippen LogP contribution is -2.49. The molecule has 3 rings (SSSR count). The van der Waals surface area contributed by atoms with Crippen molar-refractivity contribution in [1.82, 2.24) is 9.88 Å². The number of β-amino-alcohol motifs (C(OH)–C–C–N with tert-alkyl or cyclic N) is 1. The van der Waals surface area contributed by atoms with Crippen molar-refractivity contribution >= 4 is 5.69 Å². The van der Waals surface area contributed by atoms with Gasteiger partial charge in [-0.15, -0.1) is 0 Å². The number of aromatic nitrogens is 1. The lowest BCUT2D eigenvalue weighted by Gasteiger charge is -2.40. The van der Waals surface area contributed by atoms with Crippen molar-refractivity contribution < 1.29 is 9.84 Å². The first-order valence-electron chi connectivity index (χ1n) is 8.34. The van der Waals surface area contributed by atoms with Crippen molar-refractivity contribution in [2.75, 3.05) is 32.0 Å². The van der Waals surface area contributed by atoms with Gasteiger partial charge in [-0.05, 0) is 31.9 Å². The summed E-state index contributed by atoms with van der Waals surface area (Å²) in [4.78, 5) is 6.88. The van der Waals surface area contributed by atoms with E-state index >= 15 is 0 Å². The SMILES string of the molecule is Cc1cc(N)cc([C@H]2CN(CC3(O)CCCCC3)CCO2)n1. The number of aryl methyl sites for hydroxylation is 1. The van der Waals surface area contributed by atoms with Crippen LogP contribution in [0.3, 0.4) is 0 Å². The molecule has 0 bridgehead atoms. The Morgan fingerprint density at radius 3 is 2.86 bits per heavy atom. The average molecular weight is 305 g/mol. The molecule has 2 aliphatic rings. The second-order valence-electron chi connectivity index (χ2n) is 6.85. The molecule has 0 unspecified atom stereocenters. The number of pyridine rings is 1. The van der Waals surface area contributed by atoms with Gasteiger partial charge in [0.1, 0.15) is 6.10 Å². The summed E-state index contributed by atoms with van der Waals surface area (Å²) in [7, 11) is 0. The lowest BCUT2D eigenvalue weighted by atomic mass is 9.84. The molecule has 1 aromatic heterocycles. The Kier molecular flexibility index (Phi) is 4.66. The third-order valence-electron chi connectivity index (χ3n) is 4.78. The number of nitrogens with zero attached hydrogens (tertiary/aromatic N) is 2. The molecule has 0 amide bonds. The summed E-state index contributed by atoms with van der Waals surface area (Å²) in [5.41, 5.74) is 7.96. The maximum absolute atomic E-state index is 10.8. The highest BCUT2D eigenvalue weighted by atomic mass is 16.5. The van der Waals surface area contributed by atoms with E-state index in [1.807, 2.05) is 19.1 Å². The topological polar surface area (TPSA) is 71.6 Å². The van der Waals surface area contributed by atoms with E-state index in [1.54, 1.807) is 0 Å². The van der Waals surface area contributed by atoms with Crippen molar-refractivity contribution in [3.63, 3.8) is 0 Å². The second kappa shape index (κ2) is 6.52. The fraction of sp³-hybridized carbons (Fsp3) is 0.706. The summed E-state index contributed by atoms with van der Waals surface area (Å²) in [6.45, 7) is 5.02. The van der Waals surface area contributed by atoms with Crippen LogP contribution in [0.2, 0.25) is 0 Å². The Morgan fingerprint density at radius 1 is 1.36 bits per heavy atom. The van der Waals surface area contributed by atoms with Crippen LogP contribution in [0.1, 0.15) is 49.6 Å². The molecule has 0 aromatic carbocycles. The van der Waals surface area contributed by atoms with Crippen LogP contribution in [-0.4, -0.2) is 46.8 Å². The molecule has 3 N–H and O–H groups in total. The molecule has 22 heavy (non-hydrogen) atoms. The average Bonchev–Trinajstić information content (AvgIpc) is 2.47. The predicted octanol–water partition coefficient (Wildman–Crippen LogP) is 2.04. The maximum atomic E-state index is 10.8. The minimum atomic E-state index is -0.515. The van der Waals surface area contributed by atoms with Gasteiger partial charge >= 0.3 is 0 Å². The summed E-state index contributed by atoms with van der Waals surface area (Å²) >= 11 is 0. The normalized spacial score (nSPS) is 26.0. The van der Waals surface area contributed by atoms with Crippen molar-refractivity contribution in [2.24, 2.45) is 0 Å². The van der Waals surface area contributed by atoms with Gasteiger partial charge in [-0.3, -0.25) is 9.88 Å². The summed E-state index contributed by atoms with van der Waals surface area (Å²) in [5.74, 6) is 0. The number of ether oxygens (including phenoxy) is 1. The quantitative estimate of drug-likeness (QED) is 0.894. The van der Waals surface area contributed by atoms with Gasteiger partial charge in [0.2, 0.25) is 0 Å². The molecule has 5 heteroatoms. The zero-order valence-electron chi connectivity index (χ0n) is 13.4. The van der Waals surface area contributed by atoms with Crippen LogP contribution in [0.25, 0.3) is 0 Å². The molecule has 1 aromatic rings. The molecule has 1 aliphatic carbocycles. The fourth-order valence-electron chi connectivity index (χ4n) is 3.70. The van der Waals surface area contributed by atoms with Crippen LogP contribution in [0.5, 0.6) is 0 Å². The Labute approximate surface area is 132 Å². The van der Waals surface area contributed by atoms with Crippen LogP contribution >= 0.6 is 0 Å². The van der Waals surface area contributed by atoms with E-state index in [2.05, 4.69) is 9.88 Å². The summed E-state index contributed by atoms with van der Waals surface area (Å²) in [6.07, 6.45) is 5.32. The van der Waals surface area contributed by atoms with E-state index in [0.717, 1.165) is 62.4 Å². The highest BCUT2D eigenvalue weighted by Gasteiger charge is 2.33. The number of nitrogen functional groups attached to an aromatic ring is 1. The number of morpholine rings is 1. The monoisotopic (exact) mass is 305 g/mol. The van der Waals surface area contributed by atoms with Crippen LogP contribution in [0, 0.1) is 6.92 Å². The number of hydrogen-bond donors (Lipinski definition) is 2. The largest absolute Gasteiger partial charge is 0.399 e. The third-order valence-corrected chi connectivity index (χ3v) is 4.78. The molecular weight excluding hydrogens is 278 g/mol. The van der Waals surface area contributed by atoms with Crippen LogP contribution in [-0.2, 0) is 4.74 Å². The van der Waals surface area contributed by atoms with Crippen molar-refractivity contribution in [3.8, 4) is 0 Å². The number of aliphatic hydroxyl groups is 1. The number of anilines is 1. The lowest BCUT2D eigenvalue weighted by molar-refractivity contribution is -0.0776. The van der Waals surface area contributed by atoms with E-state index in [9.17, 15) is 5.11 Å². The molecule has 5 nitrogen and oxygen atoms in total. The van der Waals surface area contributed by atoms with E-state index in [4.69, 9.17) is 10.5 Å². The van der Waals surface area contributed by atoms with Gasteiger partial charge in [0.25, 0.3) is 0 Å². The second-order valence-corrected chi connectivity index (χ2v) is 6.85. The van der Waals surface area contributed by atoms with Crippen molar-refractivity contribution in [2.45, 2.75) is 50.7 Å². The van der Waals surface area contributed by atoms with Crippen LogP contribution in [0.15, 0.2) is 12.1 Å². The third kappa shape index (κ3) is 3.77. The van der Waals surface area contributed by atoms with Gasteiger partial charge in [0.15, 0.2) is 0 Å². The predicted molar refractivity (Wildman–Crippen MR) is 86.6 cm³/mol. The Morgan fingerprint density at radius 2 is 2.14 bits per heavy atom. The Hall–Kier alpha value is -1.17. The van der Waals surface area contributed by atoms with Gasteiger partial charge in [0.05, 0.1) is 17.9 Å². The first kappa shape index (κ1) is 15.7. The number of rotatable bonds is 3. The molecule has 2 heterocycles. The molecule has 2 fully saturated rings. The standard InChI is InChI=1S/C17H27N3O2/c1-13-9-14(18)10-15(19-13)16-11-20(7-8-22-16)12-17(21)5-3-2-4-6-17/h9-10,16,21H,2-8,11-12H2,1H3,(H2,18,19)/t16-/m1/s1.